The van der Waals surface area contributed by atoms with E-state index in [1.54, 1.807) is 6.08 Å². The predicted molar refractivity (Wildman–Crippen MR) is 87.4 cm³/mol. The van der Waals surface area contributed by atoms with Crippen LogP contribution in [0.1, 0.15) is 26.3 Å². The van der Waals surface area contributed by atoms with Gasteiger partial charge in [-0.25, -0.2) is 0 Å². The molecule has 0 heterocycles. The number of carbonyl (C=O) groups excluding carboxylic acids is 1. The van der Waals surface area contributed by atoms with Gasteiger partial charge < -0.3 is 15.0 Å². The Kier molecular flexibility index (Phi) is 8.21. The van der Waals surface area contributed by atoms with Gasteiger partial charge in [-0.15, -0.1) is 0 Å². The van der Waals surface area contributed by atoms with Crippen molar-refractivity contribution in [1.29, 1.82) is 0 Å². The van der Waals surface area contributed by atoms with E-state index in [4.69, 9.17) is 4.74 Å². The van der Waals surface area contributed by atoms with Crippen LogP contribution in [0.5, 0.6) is 5.75 Å². The fourth-order valence-corrected chi connectivity index (χ4v) is 1.95. The second kappa shape index (κ2) is 10.00. The topological polar surface area (TPSA) is 41.6 Å². The Bertz CT molecular complexity index is 437. The average Bonchev–Trinajstić information content (AvgIpc) is 2.51. The van der Waals surface area contributed by atoms with E-state index < -0.39 is 0 Å². The molecule has 0 fully saturated rings. The summed E-state index contributed by atoms with van der Waals surface area (Å²) in [5.74, 6) is 0.786. The molecule has 0 radical (unpaired) electrons. The molecule has 1 aromatic carbocycles. The maximum absolute atomic E-state index is 11.7. The average molecular weight is 290 g/mol. The van der Waals surface area contributed by atoms with Gasteiger partial charge in [-0.05, 0) is 43.8 Å². The third-order valence-electron chi connectivity index (χ3n) is 3.24. The highest BCUT2D eigenvalue weighted by atomic mass is 16.5. The monoisotopic (exact) mass is 290 g/mol. The third kappa shape index (κ3) is 6.95. The molecule has 0 spiro atoms. The molecular weight excluding hydrogens is 264 g/mol. The molecule has 0 saturated heterocycles. The molecule has 21 heavy (non-hydrogen) atoms. The lowest BCUT2D eigenvalue weighted by molar-refractivity contribution is -0.116. The molecule has 0 aliphatic heterocycles. The van der Waals surface area contributed by atoms with E-state index in [-0.39, 0.29) is 5.91 Å². The summed E-state index contributed by atoms with van der Waals surface area (Å²) in [6, 6.07) is 7.68. The number of nitrogens with zero attached hydrogens (tertiary/aromatic N) is 1. The Morgan fingerprint density at radius 3 is 2.43 bits per heavy atom. The van der Waals surface area contributed by atoms with Crippen molar-refractivity contribution in [3.05, 3.63) is 35.9 Å². The van der Waals surface area contributed by atoms with E-state index in [9.17, 15) is 4.79 Å². The van der Waals surface area contributed by atoms with E-state index in [0.29, 0.717) is 13.2 Å². The van der Waals surface area contributed by atoms with Gasteiger partial charge in [0.2, 0.25) is 5.91 Å². The van der Waals surface area contributed by atoms with E-state index in [1.165, 1.54) is 0 Å². The number of amides is 1. The van der Waals surface area contributed by atoms with Crippen molar-refractivity contribution in [2.75, 3.05) is 32.8 Å². The summed E-state index contributed by atoms with van der Waals surface area (Å²) >= 11 is 0. The van der Waals surface area contributed by atoms with Crippen LogP contribution < -0.4 is 10.1 Å². The van der Waals surface area contributed by atoms with Crippen LogP contribution in [-0.4, -0.2) is 43.6 Å². The lowest BCUT2D eigenvalue weighted by atomic mass is 10.2. The van der Waals surface area contributed by atoms with Crippen molar-refractivity contribution in [3.63, 3.8) is 0 Å². The largest absolute Gasteiger partial charge is 0.494 e. The van der Waals surface area contributed by atoms with Crippen LogP contribution in [-0.2, 0) is 4.79 Å². The highest BCUT2D eigenvalue weighted by molar-refractivity contribution is 5.91. The van der Waals surface area contributed by atoms with Gasteiger partial charge in [-0.1, -0.05) is 26.0 Å². The van der Waals surface area contributed by atoms with E-state index in [0.717, 1.165) is 30.9 Å². The zero-order chi connectivity index (χ0) is 15.5. The molecule has 1 N–H and O–H groups in total. The fraction of sp³-hybridized carbons (Fsp3) is 0.471. The van der Waals surface area contributed by atoms with Crippen LogP contribution in [0.2, 0.25) is 0 Å². The van der Waals surface area contributed by atoms with Gasteiger partial charge in [0.05, 0.1) is 6.61 Å². The molecule has 1 rings (SSSR count). The SMILES string of the molecule is CCOc1ccc(/C=C/C(=O)NCCN(CC)CC)cc1. The normalized spacial score (nSPS) is 11.0. The van der Waals surface area contributed by atoms with Gasteiger partial charge in [0.15, 0.2) is 0 Å². The molecule has 1 aromatic rings. The Morgan fingerprint density at radius 2 is 1.86 bits per heavy atom. The van der Waals surface area contributed by atoms with Crippen molar-refractivity contribution in [2.45, 2.75) is 20.8 Å². The molecule has 0 aliphatic rings. The van der Waals surface area contributed by atoms with E-state index in [1.807, 2.05) is 37.3 Å². The van der Waals surface area contributed by atoms with Gasteiger partial charge in [0.1, 0.15) is 5.75 Å². The highest BCUT2D eigenvalue weighted by Gasteiger charge is 2.00. The minimum Gasteiger partial charge on any atom is -0.494 e. The van der Waals surface area contributed by atoms with Crippen LogP contribution in [0.3, 0.4) is 0 Å². The zero-order valence-electron chi connectivity index (χ0n) is 13.3. The van der Waals surface area contributed by atoms with Crippen molar-refractivity contribution in [1.82, 2.24) is 10.2 Å². The van der Waals surface area contributed by atoms with E-state index >= 15 is 0 Å². The van der Waals surface area contributed by atoms with Crippen LogP contribution in [0.15, 0.2) is 30.3 Å². The quantitative estimate of drug-likeness (QED) is 0.711. The maximum atomic E-state index is 11.7. The van der Waals surface area contributed by atoms with Crippen molar-refractivity contribution < 1.29 is 9.53 Å². The molecular formula is C17H26N2O2. The standard InChI is InChI=1S/C17H26N2O2/c1-4-19(5-2)14-13-18-17(20)12-9-15-7-10-16(11-8-15)21-6-3/h7-12H,4-6,13-14H2,1-3H3,(H,18,20)/b12-9+. The van der Waals surface area contributed by atoms with Gasteiger partial charge in [0, 0.05) is 19.2 Å². The van der Waals surface area contributed by atoms with Crippen LogP contribution in [0.4, 0.5) is 0 Å². The van der Waals surface area contributed by atoms with Gasteiger partial charge in [0.25, 0.3) is 0 Å². The molecule has 116 valence electrons. The minimum absolute atomic E-state index is 0.0592. The number of rotatable bonds is 9. The summed E-state index contributed by atoms with van der Waals surface area (Å²) in [6.07, 6.45) is 3.38. The Hall–Kier alpha value is -1.81. The maximum Gasteiger partial charge on any atom is 0.244 e. The lowest BCUT2D eigenvalue weighted by Gasteiger charge is -2.17. The summed E-state index contributed by atoms with van der Waals surface area (Å²) in [5, 5.41) is 2.89. The number of nitrogens with one attached hydrogen (secondary N) is 1. The fourth-order valence-electron chi connectivity index (χ4n) is 1.95. The van der Waals surface area contributed by atoms with Crippen LogP contribution in [0.25, 0.3) is 6.08 Å². The minimum atomic E-state index is -0.0592. The number of hydrogen-bond donors (Lipinski definition) is 1. The van der Waals surface area contributed by atoms with Crippen LogP contribution >= 0.6 is 0 Å². The number of ether oxygens (including phenoxy) is 1. The van der Waals surface area contributed by atoms with E-state index in [2.05, 4.69) is 24.1 Å². The van der Waals surface area contributed by atoms with Gasteiger partial charge >= 0.3 is 0 Å². The van der Waals surface area contributed by atoms with Crippen molar-refractivity contribution in [3.8, 4) is 5.75 Å². The summed E-state index contributed by atoms with van der Waals surface area (Å²) in [4.78, 5) is 14.0. The highest BCUT2D eigenvalue weighted by Crippen LogP contribution is 2.12. The summed E-state index contributed by atoms with van der Waals surface area (Å²) in [7, 11) is 0. The molecule has 0 aliphatic carbocycles. The second-order valence-corrected chi connectivity index (χ2v) is 4.65. The van der Waals surface area contributed by atoms with Crippen molar-refractivity contribution in [2.24, 2.45) is 0 Å². The number of hydrogen-bond acceptors (Lipinski definition) is 3. The summed E-state index contributed by atoms with van der Waals surface area (Å²) in [6.45, 7) is 10.4. The number of likely N-dealkylation sites (N-methyl/N-ethyl adjacent to an activating group) is 1. The number of benzene rings is 1. The third-order valence-corrected chi connectivity index (χ3v) is 3.24. The molecule has 4 heteroatoms. The molecule has 4 nitrogen and oxygen atoms in total. The second-order valence-electron chi connectivity index (χ2n) is 4.65. The first-order valence-electron chi connectivity index (χ1n) is 7.60. The summed E-state index contributed by atoms with van der Waals surface area (Å²) in [5.41, 5.74) is 0.984. The molecule has 0 saturated carbocycles. The smallest absolute Gasteiger partial charge is 0.244 e. The first-order chi connectivity index (χ1) is 10.2. The number of carbonyl (C=O) groups is 1. The lowest BCUT2D eigenvalue weighted by Crippen LogP contribution is -2.34. The predicted octanol–water partition coefficient (Wildman–Crippen LogP) is 2.56. The molecule has 0 unspecified atom stereocenters. The molecule has 0 bridgehead atoms. The zero-order valence-corrected chi connectivity index (χ0v) is 13.3. The first kappa shape index (κ1) is 17.2. The Morgan fingerprint density at radius 1 is 1.19 bits per heavy atom. The van der Waals surface area contributed by atoms with Gasteiger partial charge in [-0.3, -0.25) is 4.79 Å². The molecule has 1 amide bonds. The van der Waals surface area contributed by atoms with Gasteiger partial charge in [-0.2, -0.15) is 0 Å². The Labute approximate surface area is 127 Å². The Balaban J connectivity index is 2.36. The first-order valence-corrected chi connectivity index (χ1v) is 7.60. The summed E-state index contributed by atoms with van der Waals surface area (Å²) < 4.78 is 5.38. The molecule has 0 atom stereocenters. The molecule has 0 aromatic heterocycles. The van der Waals surface area contributed by atoms with Crippen molar-refractivity contribution >= 4 is 12.0 Å². The van der Waals surface area contributed by atoms with Crippen LogP contribution in [0, 0.1) is 0 Å².